The fourth-order valence-electron chi connectivity index (χ4n) is 3.98. The minimum atomic E-state index is 0.178. The van der Waals surface area contributed by atoms with Gasteiger partial charge < -0.3 is 18.6 Å². The van der Waals surface area contributed by atoms with Gasteiger partial charge in [-0.2, -0.15) is 0 Å². The Kier molecular flexibility index (Phi) is 8.39. The highest BCUT2D eigenvalue weighted by Gasteiger charge is 2.20. The van der Waals surface area contributed by atoms with Crippen LogP contribution in [-0.2, 0) is 4.74 Å². The van der Waals surface area contributed by atoms with E-state index in [0.717, 1.165) is 35.1 Å². The number of allylic oxidation sites excluding steroid dienone is 3. The van der Waals surface area contributed by atoms with Crippen molar-refractivity contribution in [2.45, 2.75) is 53.4 Å². The SMILES string of the molecule is C=C[C@H](C)/C=C(\C)C[C@@H](C)C[C@H](C)c1cc2cc(OCOC)c(OC)c(C)c2o1. The van der Waals surface area contributed by atoms with Crippen molar-refractivity contribution >= 4 is 11.0 Å². The molecule has 1 aromatic heterocycles. The molecule has 2 rings (SSSR count). The van der Waals surface area contributed by atoms with Crippen LogP contribution in [0, 0.1) is 18.8 Å². The first-order valence-corrected chi connectivity index (χ1v) is 10.3. The molecule has 0 aliphatic heterocycles. The van der Waals surface area contributed by atoms with E-state index in [-0.39, 0.29) is 6.79 Å². The van der Waals surface area contributed by atoms with Gasteiger partial charge in [-0.3, -0.25) is 0 Å². The molecule has 1 heterocycles. The van der Waals surface area contributed by atoms with E-state index in [1.807, 2.05) is 19.1 Å². The Morgan fingerprint density at radius 2 is 1.93 bits per heavy atom. The number of hydrogen-bond acceptors (Lipinski definition) is 4. The lowest BCUT2D eigenvalue weighted by molar-refractivity contribution is 0.0492. The van der Waals surface area contributed by atoms with Gasteiger partial charge in [0, 0.05) is 24.0 Å². The molecule has 160 valence electrons. The van der Waals surface area contributed by atoms with Crippen LogP contribution in [0.25, 0.3) is 11.0 Å². The van der Waals surface area contributed by atoms with E-state index in [4.69, 9.17) is 18.6 Å². The molecule has 0 aliphatic carbocycles. The molecule has 0 fully saturated rings. The van der Waals surface area contributed by atoms with Gasteiger partial charge in [0.2, 0.25) is 0 Å². The molecular weight excluding hydrogens is 364 g/mol. The molecule has 3 atom stereocenters. The van der Waals surface area contributed by atoms with E-state index < -0.39 is 0 Å². The number of aryl methyl sites for hydroxylation is 1. The van der Waals surface area contributed by atoms with Gasteiger partial charge in [0.05, 0.1) is 7.11 Å². The summed E-state index contributed by atoms with van der Waals surface area (Å²) < 4.78 is 22.5. The zero-order chi connectivity index (χ0) is 21.6. The quantitative estimate of drug-likeness (QED) is 0.300. The van der Waals surface area contributed by atoms with Crippen LogP contribution in [0.3, 0.4) is 0 Å². The van der Waals surface area contributed by atoms with Gasteiger partial charge in [-0.15, -0.1) is 6.58 Å². The van der Waals surface area contributed by atoms with Crippen molar-refractivity contribution in [3.63, 3.8) is 0 Å². The summed E-state index contributed by atoms with van der Waals surface area (Å²) in [5.74, 6) is 3.68. The second kappa shape index (κ2) is 10.5. The molecule has 2 aromatic rings. The molecule has 0 radical (unpaired) electrons. The number of fused-ring (bicyclic) bond motifs is 1. The van der Waals surface area contributed by atoms with Crippen LogP contribution in [0.5, 0.6) is 11.5 Å². The van der Waals surface area contributed by atoms with Crippen molar-refractivity contribution in [3.8, 4) is 11.5 Å². The van der Waals surface area contributed by atoms with Crippen LogP contribution in [-0.4, -0.2) is 21.0 Å². The lowest BCUT2D eigenvalue weighted by atomic mass is 9.90. The van der Waals surface area contributed by atoms with Gasteiger partial charge in [0.1, 0.15) is 11.3 Å². The normalized spacial score (nSPS) is 15.2. The molecule has 4 heteroatoms. The molecule has 1 aromatic carbocycles. The molecule has 0 N–H and O–H groups in total. The summed E-state index contributed by atoms with van der Waals surface area (Å²) in [6, 6.07) is 4.09. The largest absolute Gasteiger partial charge is 0.492 e. The first-order chi connectivity index (χ1) is 13.8. The summed E-state index contributed by atoms with van der Waals surface area (Å²) in [6.45, 7) is 14.9. The molecule has 0 spiro atoms. The smallest absolute Gasteiger partial charge is 0.188 e. The molecule has 29 heavy (non-hydrogen) atoms. The Labute approximate surface area is 175 Å². The summed E-state index contributed by atoms with van der Waals surface area (Å²) >= 11 is 0. The van der Waals surface area contributed by atoms with Gasteiger partial charge in [-0.25, -0.2) is 0 Å². The molecule has 0 aliphatic rings. The highest BCUT2D eigenvalue weighted by Crippen LogP contribution is 2.40. The van der Waals surface area contributed by atoms with Crippen molar-refractivity contribution in [1.29, 1.82) is 0 Å². The van der Waals surface area contributed by atoms with Gasteiger partial charge >= 0.3 is 0 Å². The first kappa shape index (κ1) is 23.1. The molecule has 4 nitrogen and oxygen atoms in total. The summed E-state index contributed by atoms with van der Waals surface area (Å²) in [5, 5.41) is 1.03. The van der Waals surface area contributed by atoms with Crippen molar-refractivity contribution < 1.29 is 18.6 Å². The van der Waals surface area contributed by atoms with Crippen LogP contribution < -0.4 is 9.47 Å². The molecule has 0 amide bonds. The van der Waals surface area contributed by atoms with Crippen LogP contribution in [0.4, 0.5) is 0 Å². The first-order valence-electron chi connectivity index (χ1n) is 10.3. The van der Waals surface area contributed by atoms with Gasteiger partial charge in [0.15, 0.2) is 18.3 Å². The molecule has 0 saturated carbocycles. The summed E-state index contributed by atoms with van der Waals surface area (Å²) in [7, 11) is 3.25. The minimum absolute atomic E-state index is 0.178. The van der Waals surface area contributed by atoms with Crippen LogP contribution in [0.15, 0.2) is 40.9 Å². The Hall–Kier alpha value is -2.20. The van der Waals surface area contributed by atoms with Gasteiger partial charge in [-0.1, -0.05) is 38.5 Å². The van der Waals surface area contributed by atoms with E-state index in [9.17, 15) is 0 Å². The Morgan fingerprint density at radius 1 is 1.21 bits per heavy atom. The third kappa shape index (κ3) is 5.89. The third-order valence-corrected chi connectivity index (χ3v) is 5.34. The lowest BCUT2D eigenvalue weighted by Gasteiger charge is -2.16. The highest BCUT2D eigenvalue weighted by molar-refractivity contribution is 5.86. The molecule has 0 unspecified atom stereocenters. The predicted molar refractivity (Wildman–Crippen MR) is 120 cm³/mol. The molecule has 0 bridgehead atoms. The molecule has 0 saturated heterocycles. The zero-order valence-corrected chi connectivity index (χ0v) is 19.0. The number of ether oxygens (including phenoxy) is 3. The van der Waals surface area contributed by atoms with Crippen LogP contribution in [0.2, 0.25) is 0 Å². The Morgan fingerprint density at radius 3 is 2.55 bits per heavy atom. The highest BCUT2D eigenvalue weighted by atomic mass is 16.7. The van der Waals surface area contributed by atoms with Crippen molar-refractivity contribution in [3.05, 3.63) is 47.8 Å². The van der Waals surface area contributed by atoms with Gasteiger partial charge in [0.25, 0.3) is 0 Å². The Balaban J connectivity index is 2.19. The van der Waals surface area contributed by atoms with E-state index in [0.29, 0.717) is 29.3 Å². The second-order valence-corrected chi connectivity index (χ2v) is 8.20. The van der Waals surface area contributed by atoms with Crippen LogP contribution in [0.1, 0.15) is 57.8 Å². The minimum Gasteiger partial charge on any atom is -0.492 e. The number of methoxy groups -OCH3 is 2. The average molecular weight is 401 g/mol. The maximum absolute atomic E-state index is 6.26. The summed E-state index contributed by atoms with van der Waals surface area (Å²) in [4.78, 5) is 0. The van der Waals surface area contributed by atoms with E-state index >= 15 is 0 Å². The zero-order valence-electron chi connectivity index (χ0n) is 19.0. The lowest BCUT2D eigenvalue weighted by Crippen LogP contribution is -2.02. The standard InChI is InChI=1S/C25H36O4/c1-9-16(2)10-17(3)11-18(4)12-19(5)22-13-21-14-23(28-15-26-7)25(27-8)20(6)24(21)29-22/h9-10,13-14,16,18-19H,1,11-12,15H2,2-8H3/b17-10+/t16-,18+,19-/m0/s1. The predicted octanol–water partition coefficient (Wildman–Crippen LogP) is 7.02. The van der Waals surface area contributed by atoms with Crippen molar-refractivity contribution in [1.82, 2.24) is 0 Å². The van der Waals surface area contributed by atoms with Crippen molar-refractivity contribution in [2.24, 2.45) is 11.8 Å². The van der Waals surface area contributed by atoms with Crippen LogP contribution >= 0.6 is 0 Å². The fourth-order valence-corrected chi connectivity index (χ4v) is 3.98. The topological polar surface area (TPSA) is 40.8 Å². The fraction of sp³-hybridized carbons (Fsp3) is 0.520. The van der Waals surface area contributed by atoms with Gasteiger partial charge in [-0.05, 0) is 50.7 Å². The van der Waals surface area contributed by atoms with E-state index in [1.165, 1.54) is 5.57 Å². The number of hydrogen-bond donors (Lipinski definition) is 0. The monoisotopic (exact) mass is 400 g/mol. The Bertz CT molecular complexity index is 846. The average Bonchev–Trinajstić information content (AvgIpc) is 3.10. The summed E-state index contributed by atoms with van der Waals surface area (Å²) in [6.07, 6.45) is 6.43. The van der Waals surface area contributed by atoms with Crippen molar-refractivity contribution in [2.75, 3.05) is 21.0 Å². The summed E-state index contributed by atoms with van der Waals surface area (Å²) in [5.41, 5.74) is 3.22. The second-order valence-electron chi connectivity index (χ2n) is 8.20. The van der Waals surface area contributed by atoms with E-state index in [2.05, 4.69) is 46.4 Å². The maximum atomic E-state index is 6.26. The number of furan rings is 1. The number of benzene rings is 1. The molecular formula is C25H36O4. The maximum Gasteiger partial charge on any atom is 0.188 e. The van der Waals surface area contributed by atoms with E-state index in [1.54, 1.807) is 14.2 Å². The third-order valence-electron chi connectivity index (χ3n) is 5.34. The number of rotatable bonds is 11.